The molecule has 7 nitrogen and oxygen atoms in total. The molecule has 3 aromatic rings. The van der Waals surface area contributed by atoms with E-state index in [2.05, 4.69) is 158 Å². The number of carbonyl (C=O) groups excluding carboxylic acids is 1. The van der Waals surface area contributed by atoms with E-state index < -0.39 is 17.6 Å². The van der Waals surface area contributed by atoms with Crippen molar-refractivity contribution in [3.8, 4) is 12.3 Å². The summed E-state index contributed by atoms with van der Waals surface area (Å²) in [5.41, 5.74) is 12.0. The highest BCUT2D eigenvalue weighted by Crippen LogP contribution is 2.36. The Morgan fingerprint density at radius 2 is 1.53 bits per heavy atom. The number of nitrogens with one attached hydrogen (secondary N) is 3. The van der Waals surface area contributed by atoms with Crippen molar-refractivity contribution in [1.29, 1.82) is 0 Å². The maximum atomic E-state index is 13.9. The minimum absolute atomic E-state index is 0.0704. The number of hydrogen-bond acceptors (Lipinski definition) is 5. The number of piperidine rings is 1. The van der Waals surface area contributed by atoms with E-state index in [4.69, 9.17) is 11.4 Å². The smallest absolute Gasteiger partial charge is 0.208 e. The number of nitrogens with zero attached hydrogens (tertiary/aromatic N) is 3. The molecular weight excluding hydrogens is 955 g/mol. The first kappa shape index (κ1) is 69.6. The fourth-order valence-electron chi connectivity index (χ4n) is 9.43. The van der Waals surface area contributed by atoms with Gasteiger partial charge in [0.25, 0.3) is 0 Å². The molecule has 4 atom stereocenters. The van der Waals surface area contributed by atoms with Crippen LogP contribution >= 0.6 is 0 Å². The third kappa shape index (κ3) is 24.0. The Bertz CT molecular complexity index is 2450. The lowest BCUT2D eigenvalue weighted by atomic mass is 9.87. The van der Waals surface area contributed by atoms with Crippen LogP contribution in [0.25, 0.3) is 11.0 Å². The minimum atomic E-state index is -0.625. The molecule has 0 radical (unpaired) electrons. The quantitative estimate of drug-likeness (QED) is 0.0803. The summed E-state index contributed by atoms with van der Waals surface area (Å²) in [6.45, 7) is 39.2. The average molecular weight is 1060 g/mol. The van der Waals surface area contributed by atoms with Gasteiger partial charge in [-0.05, 0) is 111 Å². The van der Waals surface area contributed by atoms with Gasteiger partial charge in [0, 0.05) is 61.4 Å². The van der Waals surface area contributed by atoms with E-state index in [1.165, 1.54) is 130 Å². The Morgan fingerprint density at radius 3 is 2.05 bits per heavy atom. The normalized spacial score (nSPS) is 17.3. The number of unbranched alkanes of at least 4 members (excludes halogenated alkanes) is 2. The molecule has 0 amide bonds. The van der Waals surface area contributed by atoms with Crippen molar-refractivity contribution >= 4 is 28.6 Å². The first-order valence-electron chi connectivity index (χ1n) is 29.8. The lowest BCUT2D eigenvalue weighted by molar-refractivity contribution is -0.498. The molecule has 3 N–H and O–H groups in total. The second kappa shape index (κ2) is 39.0. The SMILES string of the molecule is C#CCC(CC)CCC.C1CCCC1.C=C(Nc1nc2ccc(C)cc2n1C)C1=CC(C)NC(C2=C(CC)CC[N+](C)=C2C)=C1.C=C1CCC(c2c(F)cc(C)cc2F)C(=C=O)N1.CC.CCCC.CCCCC(C)CC. The number of anilines is 1. The van der Waals surface area contributed by atoms with Gasteiger partial charge in [-0.15, -0.1) is 12.3 Å². The Morgan fingerprint density at radius 1 is 0.909 bits per heavy atom. The minimum Gasteiger partial charge on any atom is -0.378 e. The highest BCUT2D eigenvalue weighted by Gasteiger charge is 2.30. The molecule has 4 unspecified atom stereocenters. The fraction of sp³-hybridized carbons (Fsp3) is 0.588. The number of dihydropyridines is 1. The fourth-order valence-corrected chi connectivity index (χ4v) is 9.43. The predicted molar refractivity (Wildman–Crippen MR) is 331 cm³/mol. The van der Waals surface area contributed by atoms with E-state index in [0.717, 1.165) is 65.9 Å². The molecule has 2 fully saturated rings. The van der Waals surface area contributed by atoms with Crippen molar-refractivity contribution in [2.24, 2.45) is 18.9 Å². The first-order valence-corrected chi connectivity index (χ1v) is 29.8. The number of terminal acetylenes is 1. The third-order valence-corrected chi connectivity index (χ3v) is 14.7. The zero-order valence-corrected chi connectivity index (χ0v) is 51.5. The van der Waals surface area contributed by atoms with Gasteiger partial charge in [-0.1, -0.05) is 178 Å². The maximum absolute atomic E-state index is 13.9. The van der Waals surface area contributed by atoms with E-state index in [9.17, 15) is 13.6 Å². The molecule has 77 heavy (non-hydrogen) atoms. The highest BCUT2D eigenvalue weighted by molar-refractivity contribution is 6.00. The van der Waals surface area contributed by atoms with Crippen molar-refractivity contribution in [2.45, 2.75) is 231 Å². The Labute approximate surface area is 469 Å². The first-order chi connectivity index (χ1) is 36.9. The van der Waals surface area contributed by atoms with Crippen LogP contribution in [0.4, 0.5) is 14.7 Å². The Hall–Kier alpha value is -5.45. The number of hydrogen-bond donors (Lipinski definition) is 3. The second-order valence-corrected chi connectivity index (χ2v) is 21.2. The topological polar surface area (TPSA) is 74.0 Å². The zero-order valence-electron chi connectivity index (χ0n) is 51.5. The van der Waals surface area contributed by atoms with Crippen LogP contribution in [-0.2, 0) is 11.8 Å². The van der Waals surface area contributed by atoms with Crippen LogP contribution < -0.4 is 16.0 Å². The van der Waals surface area contributed by atoms with Crippen molar-refractivity contribution < 1.29 is 18.2 Å². The molecule has 0 bridgehead atoms. The number of benzene rings is 2. The van der Waals surface area contributed by atoms with Gasteiger partial charge in [0.05, 0.1) is 16.6 Å². The molecule has 428 valence electrons. The summed E-state index contributed by atoms with van der Waals surface area (Å²) in [6.07, 6.45) is 33.3. The van der Waals surface area contributed by atoms with Crippen molar-refractivity contribution in [3.63, 3.8) is 0 Å². The molecule has 2 aromatic carbocycles. The Kier molecular flexibility index (Phi) is 35.2. The van der Waals surface area contributed by atoms with Crippen LogP contribution in [0, 0.1) is 49.7 Å². The molecule has 1 aliphatic carbocycles. The van der Waals surface area contributed by atoms with Gasteiger partial charge in [-0.25, -0.2) is 23.1 Å². The van der Waals surface area contributed by atoms with Gasteiger partial charge in [0.2, 0.25) is 5.95 Å². The number of fused-ring (bicyclic) bond motifs is 1. The van der Waals surface area contributed by atoms with Crippen molar-refractivity contribution in [3.05, 3.63) is 123 Å². The largest absolute Gasteiger partial charge is 0.378 e. The number of halogens is 2. The van der Waals surface area contributed by atoms with Gasteiger partial charge in [-0.2, -0.15) is 0 Å². The lowest BCUT2D eigenvalue weighted by Crippen LogP contribution is -2.34. The monoisotopic (exact) mass is 1060 g/mol. The van der Waals surface area contributed by atoms with E-state index >= 15 is 0 Å². The van der Waals surface area contributed by atoms with E-state index in [1.807, 2.05) is 20.9 Å². The van der Waals surface area contributed by atoms with Gasteiger partial charge >= 0.3 is 0 Å². The molecule has 7 rings (SSSR count). The molecule has 0 spiro atoms. The summed E-state index contributed by atoms with van der Waals surface area (Å²) in [5, 5.41) is 9.89. The highest BCUT2D eigenvalue weighted by atomic mass is 19.1. The van der Waals surface area contributed by atoms with E-state index in [-0.39, 0.29) is 17.3 Å². The number of imidazole rings is 1. The molecule has 1 saturated heterocycles. The second-order valence-electron chi connectivity index (χ2n) is 21.2. The Balaban J connectivity index is 0.000000541. The summed E-state index contributed by atoms with van der Waals surface area (Å²) in [4.78, 5) is 15.6. The van der Waals surface area contributed by atoms with Crippen LogP contribution in [-0.4, -0.2) is 45.4 Å². The van der Waals surface area contributed by atoms with Gasteiger partial charge in [0.15, 0.2) is 5.71 Å². The molecule has 4 heterocycles. The molecule has 1 saturated carbocycles. The van der Waals surface area contributed by atoms with E-state index in [1.54, 1.807) is 12.9 Å². The zero-order chi connectivity index (χ0) is 58.0. The standard InChI is InChI=1S/C26H34N5.C14H13F2NO.C9H16.C8H18.C5H10.C4H10.C2H6/c1-8-20-11-12-30(6)19(5)25(20)23-15-21(14-17(3)27-23)18(4)28-26-29-22-10-9-16(2)13-24(22)31(26)7;1-8-5-11(15)14(12(16)6-8)10-4-3-9(2)17-13(10)7-18;1-4-7-9(6-3)8-5-2;1-4-6-7-8(3)5-2;1-2-4-5-3-1;1-3-4-2;1-2/h9-10,13-15,17,27H,4,8,11-12H2,1-3,5-7H3,(H,28,29);5-6,10,17H,2-4H2,1H3;1,9H,5-8H2,2-3H3;8H,4-7H2,1-3H3;1-5H2;3-4H2,1-2H3;1-2H3/q+1;;;;;;. The van der Waals surface area contributed by atoms with Crippen LogP contribution in [0.15, 0.2) is 95.1 Å². The summed E-state index contributed by atoms with van der Waals surface area (Å²) < 4.78 is 32.2. The molecule has 4 aliphatic rings. The van der Waals surface area contributed by atoms with Crippen molar-refractivity contribution in [2.75, 3.05) is 18.9 Å². The molecular formula is C68H107F2N6O+. The van der Waals surface area contributed by atoms with Crippen LogP contribution in [0.3, 0.4) is 0 Å². The number of rotatable bonds is 15. The molecule has 3 aliphatic heterocycles. The number of allylic oxidation sites excluding steroid dienone is 4. The van der Waals surface area contributed by atoms with Gasteiger partial charge in [-0.3, -0.25) is 0 Å². The summed E-state index contributed by atoms with van der Waals surface area (Å²) >= 11 is 0. The van der Waals surface area contributed by atoms with Gasteiger partial charge < -0.3 is 20.5 Å². The van der Waals surface area contributed by atoms with Crippen LogP contribution in [0.1, 0.15) is 228 Å². The average Bonchev–Trinajstić information content (AvgIpc) is 4.12. The summed E-state index contributed by atoms with van der Waals surface area (Å²) in [5.74, 6) is 5.09. The molecule has 1 aromatic heterocycles. The van der Waals surface area contributed by atoms with Crippen molar-refractivity contribution in [1.82, 2.24) is 20.2 Å². The van der Waals surface area contributed by atoms with Crippen LogP contribution in [0.5, 0.6) is 0 Å². The predicted octanol–water partition coefficient (Wildman–Crippen LogP) is 18.6. The summed E-state index contributed by atoms with van der Waals surface area (Å²) in [6, 6.07) is 9.09. The lowest BCUT2D eigenvalue weighted by Gasteiger charge is -2.27. The van der Waals surface area contributed by atoms with Crippen LogP contribution in [0.2, 0.25) is 0 Å². The van der Waals surface area contributed by atoms with E-state index in [0.29, 0.717) is 24.1 Å². The van der Waals surface area contributed by atoms with Gasteiger partial charge in [0.1, 0.15) is 36.9 Å². The number of aromatic nitrogens is 2. The maximum Gasteiger partial charge on any atom is 0.208 e. The number of aryl methyl sites for hydroxylation is 3. The third-order valence-electron chi connectivity index (χ3n) is 14.7. The molecule has 9 heteroatoms. The summed E-state index contributed by atoms with van der Waals surface area (Å²) in [7, 11) is 4.22.